The molecule has 0 aromatic heterocycles. The number of hydrogen-bond donors (Lipinski definition) is 3. The van der Waals surface area contributed by atoms with Gasteiger partial charge in [-0.25, -0.2) is 0 Å². The van der Waals surface area contributed by atoms with Gasteiger partial charge in [-0.05, 0) is 18.2 Å². The highest BCUT2D eigenvalue weighted by Crippen LogP contribution is 2.26. The molecule has 86 valence electrons. The third-order valence-electron chi connectivity index (χ3n) is 1.80. The summed E-state index contributed by atoms with van der Waals surface area (Å²) in [6.45, 7) is 0. The van der Waals surface area contributed by atoms with Crippen LogP contribution in [0.15, 0.2) is 22.7 Å². The number of hydrogen-bond acceptors (Lipinski definition) is 3. The minimum atomic E-state index is -1.03. The van der Waals surface area contributed by atoms with E-state index in [1.165, 1.54) is 12.1 Å². The summed E-state index contributed by atoms with van der Waals surface area (Å²) in [7, 11) is 0. The fraction of sp³-hybridized carbons (Fsp3) is 0.200. The van der Waals surface area contributed by atoms with Crippen LogP contribution in [0.25, 0.3) is 0 Å². The molecule has 6 heteroatoms. The summed E-state index contributed by atoms with van der Waals surface area (Å²) >= 11 is 3.19. The third kappa shape index (κ3) is 3.90. The van der Waals surface area contributed by atoms with Gasteiger partial charge in [0.2, 0.25) is 5.91 Å². The first-order valence-corrected chi connectivity index (χ1v) is 5.28. The number of carbonyl (C=O) groups is 2. The van der Waals surface area contributed by atoms with Gasteiger partial charge in [-0.1, -0.05) is 15.9 Å². The molecule has 0 heterocycles. The maximum atomic E-state index is 11.3. The van der Waals surface area contributed by atoms with E-state index in [0.717, 1.165) is 0 Å². The zero-order valence-electron chi connectivity index (χ0n) is 8.24. The number of halogens is 1. The number of carboxylic acids is 1. The van der Waals surface area contributed by atoms with Gasteiger partial charge in [0.25, 0.3) is 0 Å². The Kier molecular flexibility index (Phi) is 4.30. The minimum Gasteiger partial charge on any atom is -0.506 e. The van der Waals surface area contributed by atoms with Crippen LogP contribution in [0.2, 0.25) is 0 Å². The Hall–Kier alpha value is -1.56. The fourth-order valence-electron chi connectivity index (χ4n) is 1.04. The molecule has 0 aliphatic heterocycles. The standard InChI is InChI=1S/C10H10BrNO4/c11-6-1-2-8(13)7(5-6)12-9(14)3-4-10(15)16/h1-2,5,13H,3-4H2,(H,12,14)(H,15,16). The molecule has 1 rings (SSSR count). The number of aromatic hydroxyl groups is 1. The number of anilines is 1. The number of amides is 1. The SMILES string of the molecule is O=C(O)CCC(=O)Nc1cc(Br)ccc1O. The molecule has 1 amide bonds. The third-order valence-corrected chi connectivity index (χ3v) is 2.29. The number of rotatable bonds is 4. The predicted octanol–water partition coefficient (Wildman–Crippen LogP) is 1.96. The lowest BCUT2D eigenvalue weighted by atomic mass is 10.2. The first-order valence-electron chi connectivity index (χ1n) is 4.49. The lowest BCUT2D eigenvalue weighted by Gasteiger charge is -2.06. The Morgan fingerprint density at radius 2 is 2.00 bits per heavy atom. The monoisotopic (exact) mass is 287 g/mol. The van der Waals surface area contributed by atoms with E-state index in [4.69, 9.17) is 5.11 Å². The molecule has 1 aromatic rings. The van der Waals surface area contributed by atoms with Crippen LogP contribution < -0.4 is 5.32 Å². The van der Waals surface area contributed by atoms with Crippen molar-refractivity contribution in [2.45, 2.75) is 12.8 Å². The van der Waals surface area contributed by atoms with Crippen LogP contribution in [0.5, 0.6) is 5.75 Å². The van der Waals surface area contributed by atoms with Gasteiger partial charge in [-0.15, -0.1) is 0 Å². The Labute approximate surface area is 100 Å². The average Bonchev–Trinajstić information content (AvgIpc) is 2.20. The van der Waals surface area contributed by atoms with Crippen LogP contribution >= 0.6 is 15.9 Å². The Morgan fingerprint density at radius 3 is 2.62 bits per heavy atom. The van der Waals surface area contributed by atoms with Gasteiger partial charge in [0.05, 0.1) is 12.1 Å². The second-order valence-corrected chi connectivity index (χ2v) is 4.02. The molecule has 1 aromatic carbocycles. The molecule has 0 saturated heterocycles. The zero-order chi connectivity index (χ0) is 12.1. The van der Waals surface area contributed by atoms with Crippen molar-refractivity contribution < 1.29 is 19.8 Å². The summed E-state index contributed by atoms with van der Waals surface area (Å²) in [5.74, 6) is -1.55. The number of carbonyl (C=O) groups excluding carboxylic acids is 1. The van der Waals surface area contributed by atoms with Gasteiger partial charge >= 0.3 is 5.97 Å². The van der Waals surface area contributed by atoms with Crippen molar-refractivity contribution in [3.05, 3.63) is 22.7 Å². The average molecular weight is 288 g/mol. The van der Waals surface area contributed by atoms with Crippen molar-refractivity contribution in [2.75, 3.05) is 5.32 Å². The summed E-state index contributed by atoms with van der Waals surface area (Å²) in [5, 5.41) is 20.2. The highest BCUT2D eigenvalue weighted by molar-refractivity contribution is 9.10. The highest BCUT2D eigenvalue weighted by Gasteiger charge is 2.08. The van der Waals surface area contributed by atoms with Gasteiger partial charge < -0.3 is 15.5 Å². The van der Waals surface area contributed by atoms with Gasteiger partial charge in [-0.3, -0.25) is 9.59 Å². The number of phenolic OH excluding ortho intramolecular Hbond substituents is 1. The second kappa shape index (κ2) is 5.50. The van der Waals surface area contributed by atoms with Crippen LogP contribution in [0, 0.1) is 0 Å². The second-order valence-electron chi connectivity index (χ2n) is 3.10. The lowest BCUT2D eigenvalue weighted by Crippen LogP contribution is -2.13. The van der Waals surface area contributed by atoms with Gasteiger partial charge in [0.15, 0.2) is 0 Å². The van der Waals surface area contributed by atoms with E-state index >= 15 is 0 Å². The Bertz CT molecular complexity index is 419. The van der Waals surface area contributed by atoms with Crippen LogP contribution in [-0.4, -0.2) is 22.1 Å². The molecule has 0 unspecified atom stereocenters. The number of nitrogens with one attached hydrogen (secondary N) is 1. The van der Waals surface area contributed by atoms with E-state index in [1.54, 1.807) is 6.07 Å². The van der Waals surface area contributed by atoms with E-state index in [9.17, 15) is 14.7 Å². The fourth-order valence-corrected chi connectivity index (χ4v) is 1.40. The predicted molar refractivity (Wildman–Crippen MR) is 61.3 cm³/mol. The first-order chi connectivity index (χ1) is 7.49. The van der Waals surface area contributed by atoms with Gasteiger partial charge in [-0.2, -0.15) is 0 Å². The number of aliphatic carboxylic acids is 1. The van der Waals surface area contributed by atoms with E-state index in [-0.39, 0.29) is 24.3 Å². The van der Waals surface area contributed by atoms with E-state index in [1.807, 2.05) is 0 Å². The molecule has 0 radical (unpaired) electrons. The molecule has 0 bridgehead atoms. The minimum absolute atomic E-state index is 0.0631. The maximum absolute atomic E-state index is 11.3. The van der Waals surface area contributed by atoms with E-state index in [2.05, 4.69) is 21.2 Å². The van der Waals surface area contributed by atoms with Crippen molar-refractivity contribution in [1.82, 2.24) is 0 Å². The molecule has 16 heavy (non-hydrogen) atoms. The maximum Gasteiger partial charge on any atom is 0.303 e. The van der Waals surface area contributed by atoms with Crippen LogP contribution in [0.4, 0.5) is 5.69 Å². The molecule has 5 nitrogen and oxygen atoms in total. The molecule has 0 spiro atoms. The summed E-state index contributed by atoms with van der Waals surface area (Å²) in [6.07, 6.45) is -0.359. The van der Waals surface area contributed by atoms with Gasteiger partial charge in [0, 0.05) is 10.9 Å². The van der Waals surface area contributed by atoms with E-state index < -0.39 is 11.9 Å². The van der Waals surface area contributed by atoms with Crippen molar-refractivity contribution in [1.29, 1.82) is 0 Å². The summed E-state index contributed by atoms with van der Waals surface area (Å²) in [4.78, 5) is 21.5. The topological polar surface area (TPSA) is 86.6 Å². The van der Waals surface area contributed by atoms with Crippen molar-refractivity contribution in [2.24, 2.45) is 0 Å². The molecule has 0 saturated carbocycles. The van der Waals surface area contributed by atoms with Crippen LogP contribution in [0.3, 0.4) is 0 Å². The summed E-state index contributed by atoms with van der Waals surface area (Å²) in [6, 6.07) is 4.59. The van der Waals surface area contributed by atoms with Crippen LogP contribution in [0.1, 0.15) is 12.8 Å². The number of carboxylic acid groups (broad SMARTS) is 1. The summed E-state index contributed by atoms with van der Waals surface area (Å²) in [5.41, 5.74) is 0.254. The molecule has 0 aliphatic rings. The molecule has 0 fully saturated rings. The largest absolute Gasteiger partial charge is 0.506 e. The summed E-state index contributed by atoms with van der Waals surface area (Å²) < 4.78 is 0.707. The van der Waals surface area contributed by atoms with E-state index in [0.29, 0.717) is 4.47 Å². The number of phenols is 1. The Morgan fingerprint density at radius 1 is 1.31 bits per heavy atom. The smallest absolute Gasteiger partial charge is 0.303 e. The van der Waals surface area contributed by atoms with Crippen molar-refractivity contribution in [3.8, 4) is 5.75 Å². The Balaban J connectivity index is 2.62. The first kappa shape index (κ1) is 12.5. The van der Waals surface area contributed by atoms with Crippen molar-refractivity contribution >= 4 is 33.5 Å². The normalized spacial score (nSPS) is 9.81. The zero-order valence-corrected chi connectivity index (χ0v) is 9.82. The van der Waals surface area contributed by atoms with Gasteiger partial charge in [0.1, 0.15) is 5.75 Å². The lowest BCUT2D eigenvalue weighted by molar-refractivity contribution is -0.138. The molecular formula is C10H10BrNO4. The number of benzene rings is 1. The molecule has 0 atom stereocenters. The molecular weight excluding hydrogens is 278 g/mol. The molecule has 0 aliphatic carbocycles. The quantitative estimate of drug-likeness (QED) is 0.739. The highest BCUT2D eigenvalue weighted by atomic mass is 79.9. The van der Waals surface area contributed by atoms with Crippen LogP contribution in [-0.2, 0) is 9.59 Å². The molecule has 3 N–H and O–H groups in total. The van der Waals surface area contributed by atoms with Crippen molar-refractivity contribution in [3.63, 3.8) is 0 Å².